The van der Waals surface area contributed by atoms with Gasteiger partial charge in [0, 0.05) is 24.6 Å². The Bertz CT molecular complexity index is 547. The Labute approximate surface area is 148 Å². The highest BCUT2D eigenvalue weighted by atomic mass is 32.1. The van der Waals surface area contributed by atoms with Crippen LogP contribution in [0.15, 0.2) is 17.5 Å². The van der Waals surface area contributed by atoms with Gasteiger partial charge in [0.15, 0.2) is 0 Å². The lowest BCUT2D eigenvalue weighted by molar-refractivity contribution is -0.132. The van der Waals surface area contributed by atoms with Crippen molar-refractivity contribution >= 4 is 17.2 Å². The first-order valence-electron chi connectivity index (χ1n) is 9.22. The van der Waals surface area contributed by atoms with E-state index in [0.717, 1.165) is 63.0 Å². The molecule has 2 saturated heterocycles. The summed E-state index contributed by atoms with van der Waals surface area (Å²) >= 11 is 1.67. The Morgan fingerprint density at radius 3 is 2.88 bits per heavy atom. The van der Waals surface area contributed by atoms with Gasteiger partial charge in [-0.25, -0.2) is 0 Å². The number of carbonyl (C=O) groups is 1. The van der Waals surface area contributed by atoms with Gasteiger partial charge in [0.05, 0.1) is 25.7 Å². The van der Waals surface area contributed by atoms with E-state index < -0.39 is 0 Å². The summed E-state index contributed by atoms with van der Waals surface area (Å²) in [7, 11) is 0. The van der Waals surface area contributed by atoms with Gasteiger partial charge in [-0.05, 0) is 54.9 Å². The predicted octanol–water partition coefficient (Wildman–Crippen LogP) is 3.11. The zero-order valence-electron chi connectivity index (χ0n) is 14.2. The number of rotatable bonds is 6. The lowest BCUT2D eigenvalue weighted by atomic mass is 9.76. The van der Waals surface area contributed by atoms with Crippen LogP contribution in [0.5, 0.6) is 0 Å². The van der Waals surface area contributed by atoms with E-state index in [2.05, 4.69) is 0 Å². The number of hydrogen-bond acceptors (Lipinski definition) is 4. The molecule has 0 radical (unpaired) electrons. The molecule has 0 N–H and O–H groups in total. The number of hydrogen-bond donors (Lipinski definition) is 0. The van der Waals surface area contributed by atoms with Crippen molar-refractivity contribution in [3.05, 3.63) is 22.4 Å². The van der Waals surface area contributed by atoms with E-state index in [-0.39, 0.29) is 17.4 Å². The number of nitrogens with zero attached hydrogens (tertiary/aromatic N) is 1. The normalized spacial score (nSPS) is 26.2. The van der Waals surface area contributed by atoms with Crippen LogP contribution in [0.1, 0.15) is 37.0 Å². The highest BCUT2D eigenvalue weighted by molar-refractivity contribution is 7.10. The minimum absolute atomic E-state index is 0.261. The van der Waals surface area contributed by atoms with Gasteiger partial charge < -0.3 is 14.4 Å². The third-order valence-corrected chi connectivity index (χ3v) is 6.60. The minimum Gasteiger partial charge on any atom is -0.378 e. The first-order chi connectivity index (χ1) is 11.7. The molecule has 2 aliphatic heterocycles. The van der Waals surface area contributed by atoms with Crippen LogP contribution in [0.3, 0.4) is 0 Å². The average molecular weight is 349 g/mol. The fraction of sp³-hybridized carbons (Fsp3) is 0.737. The standard InChI is InChI=1S/C19H27NO3S/c21-18(10-17-2-1-9-24-17)20-7-5-19(6-8-20)11-16(23-14-19)13-22-12-15-3-4-15/h1-2,9,15-16H,3-8,10-14H2/t16-/m1/s1. The molecule has 3 aliphatic rings. The fourth-order valence-electron chi connectivity index (χ4n) is 3.91. The van der Waals surface area contributed by atoms with Crippen molar-refractivity contribution in [2.45, 2.75) is 44.6 Å². The number of likely N-dealkylation sites (tertiary alicyclic amines) is 1. The smallest absolute Gasteiger partial charge is 0.227 e. The number of thiophene rings is 1. The second-order valence-electron chi connectivity index (χ2n) is 7.75. The molecule has 1 atom stereocenters. The van der Waals surface area contributed by atoms with Gasteiger partial charge in [0.1, 0.15) is 0 Å². The van der Waals surface area contributed by atoms with Crippen LogP contribution in [0.25, 0.3) is 0 Å². The number of piperidine rings is 1. The van der Waals surface area contributed by atoms with Gasteiger partial charge >= 0.3 is 0 Å². The zero-order valence-corrected chi connectivity index (χ0v) is 15.1. The molecule has 1 aliphatic carbocycles. The summed E-state index contributed by atoms with van der Waals surface area (Å²) in [6.45, 7) is 4.26. The van der Waals surface area contributed by atoms with E-state index in [9.17, 15) is 4.79 Å². The van der Waals surface area contributed by atoms with Crippen molar-refractivity contribution in [2.24, 2.45) is 11.3 Å². The van der Waals surface area contributed by atoms with Crippen molar-refractivity contribution in [3.63, 3.8) is 0 Å². The molecule has 4 nitrogen and oxygen atoms in total. The van der Waals surface area contributed by atoms with E-state index in [1.165, 1.54) is 12.8 Å². The molecule has 24 heavy (non-hydrogen) atoms. The topological polar surface area (TPSA) is 38.8 Å². The summed E-state index contributed by atoms with van der Waals surface area (Å²) in [5.41, 5.74) is 0.285. The van der Waals surface area contributed by atoms with Crippen molar-refractivity contribution in [3.8, 4) is 0 Å². The predicted molar refractivity (Wildman–Crippen MR) is 94.2 cm³/mol. The molecule has 3 heterocycles. The summed E-state index contributed by atoms with van der Waals surface area (Å²) in [5.74, 6) is 1.09. The Balaban J connectivity index is 1.21. The van der Waals surface area contributed by atoms with Crippen LogP contribution in [0.2, 0.25) is 0 Å². The molecule has 0 aromatic carbocycles. The number of ether oxygens (including phenoxy) is 2. The van der Waals surface area contributed by atoms with E-state index in [4.69, 9.17) is 9.47 Å². The lowest BCUT2D eigenvalue weighted by Crippen LogP contribution is -2.44. The molecule has 1 saturated carbocycles. The molecule has 1 aromatic heterocycles. The highest BCUT2D eigenvalue weighted by Gasteiger charge is 2.43. The van der Waals surface area contributed by atoms with Crippen LogP contribution in [-0.4, -0.2) is 49.8 Å². The Kier molecular flexibility index (Phi) is 4.93. The Morgan fingerprint density at radius 1 is 1.33 bits per heavy atom. The van der Waals surface area contributed by atoms with Gasteiger partial charge in [0.2, 0.25) is 5.91 Å². The molecule has 1 spiro atoms. The summed E-state index contributed by atoms with van der Waals surface area (Å²) in [4.78, 5) is 15.6. The summed E-state index contributed by atoms with van der Waals surface area (Å²) < 4.78 is 11.8. The van der Waals surface area contributed by atoms with Crippen LogP contribution in [-0.2, 0) is 20.7 Å². The zero-order chi connectivity index (χ0) is 16.4. The maximum Gasteiger partial charge on any atom is 0.227 e. The van der Waals surface area contributed by atoms with E-state index in [1.807, 2.05) is 22.4 Å². The van der Waals surface area contributed by atoms with E-state index in [1.54, 1.807) is 11.3 Å². The third-order valence-electron chi connectivity index (χ3n) is 5.72. The fourth-order valence-corrected chi connectivity index (χ4v) is 4.60. The Hall–Kier alpha value is -0.910. The lowest BCUT2D eigenvalue weighted by Gasteiger charge is -2.38. The molecule has 132 valence electrons. The highest BCUT2D eigenvalue weighted by Crippen LogP contribution is 2.42. The summed E-state index contributed by atoms with van der Waals surface area (Å²) in [5, 5.41) is 2.04. The van der Waals surface area contributed by atoms with Gasteiger partial charge in [-0.1, -0.05) is 6.07 Å². The van der Waals surface area contributed by atoms with Crippen LogP contribution >= 0.6 is 11.3 Å². The quantitative estimate of drug-likeness (QED) is 0.792. The maximum absolute atomic E-state index is 12.4. The largest absolute Gasteiger partial charge is 0.378 e. The molecule has 1 amide bonds. The second kappa shape index (κ2) is 7.14. The molecule has 4 rings (SSSR count). The molecule has 1 aromatic rings. The van der Waals surface area contributed by atoms with Crippen LogP contribution in [0, 0.1) is 11.3 Å². The molecular weight excluding hydrogens is 322 g/mol. The molecule has 3 fully saturated rings. The van der Waals surface area contributed by atoms with Crippen molar-refractivity contribution in [1.82, 2.24) is 4.90 Å². The second-order valence-corrected chi connectivity index (χ2v) is 8.79. The van der Waals surface area contributed by atoms with Gasteiger partial charge in [0.25, 0.3) is 0 Å². The van der Waals surface area contributed by atoms with Gasteiger partial charge in [-0.15, -0.1) is 11.3 Å². The number of carbonyl (C=O) groups excluding carboxylic acids is 1. The van der Waals surface area contributed by atoms with Crippen LogP contribution in [0.4, 0.5) is 0 Å². The molecule has 0 unspecified atom stereocenters. The summed E-state index contributed by atoms with van der Waals surface area (Å²) in [6.07, 6.45) is 6.74. The van der Waals surface area contributed by atoms with Crippen molar-refractivity contribution in [1.29, 1.82) is 0 Å². The monoisotopic (exact) mass is 349 g/mol. The first-order valence-corrected chi connectivity index (χ1v) is 10.1. The number of amides is 1. The van der Waals surface area contributed by atoms with Crippen LogP contribution < -0.4 is 0 Å². The third kappa shape index (κ3) is 4.01. The average Bonchev–Trinajstić information content (AvgIpc) is 3.11. The molecular formula is C19H27NO3S. The first kappa shape index (κ1) is 16.6. The molecule has 0 bridgehead atoms. The van der Waals surface area contributed by atoms with Gasteiger partial charge in [-0.2, -0.15) is 0 Å². The van der Waals surface area contributed by atoms with E-state index >= 15 is 0 Å². The maximum atomic E-state index is 12.4. The molecule has 5 heteroatoms. The Morgan fingerprint density at radius 2 is 2.17 bits per heavy atom. The van der Waals surface area contributed by atoms with Gasteiger partial charge in [-0.3, -0.25) is 4.79 Å². The van der Waals surface area contributed by atoms with Crippen molar-refractivity contribution < 1.29 is 14.3 Å². The minimum atomic E-state index is 0.261. The SMILES string of the molecule is O=C(Cc1cccs1)N1CCC2(CC1)CO[C@@H](COCC1CC1)C2. The van der Waals surface area contributed by atoms with Crippen molar-refractivity contribution in [2.75, 3.05) is 32.9 Å². The van der Waals surface area contributed by atoms with E-state index in [0.29, 0.717) is 6.42 Å². The summed E-state index contributed by atoms with van der Waals surface area (Å²) in [6, 6.07) is 4.06.